The average molecular weight is 169 g/mol. The standard InChI is InChI=1S/C12H11N/c13-9-8-11-6-3-5-10-4-1-2-7-12(10)11/h1-2,4,7-8H,3,5-6H2/b11-8-. The Morgan fingerprint density at radius 3 is 2.92 bits per heavy atom. The van der Waals surface area contributed by atoms with E-state index in [9.17, 15) is 0 Å². The Morgan fingerprint density at radius 2 is 2.08 bits per heavy atom. The maximum Gasteiger partial charge on any atom is 0.0915 e. The van der Waals surface area contributed by atoms with E-state index in [0.717, 1.165) is 12.8 Å². The fourth-order valence-electron chi connectivity index (χ4n) is 1.88. The highest BCUT2D eigenvalue weighted by atomic mass is 14.2. The molecule has 0 fully saturated rings. The van der Waals surface area contributed by atoms with Crippen LogP contribution >= 0.6 is 0 Å². The highest BCUT2D eigenvalue weighted by Crippen LogP contribution is 2.29. The van der Waals surface area contributed by atoms with E-state index in [1.54, 1.807) is 6.08 Å². The van der Waals surface area contributed by atoms with Gasteiger partial charge in [-0.15, -0.1) is 0 Å². The molecule has 13 heavy (non-hydrogen) atoms. The van der Waals surface area contributed by atoms with E-state index in [0.29, 0.717) is 0 Å². The minimum atomic E-state index is 1.05. The van der Waals surface area contributed by atoms with Gasteiger partial charge in [-0.25, -0.2) is 0 Å². The van der Waals surface area contributed by atoms with Crippen molar-refractivity contribution in [1.82, 2.24) is 0 Å². The van der Waals surface area contributed by atoms with Crippen molar-refractivity contribution in [2.24, 2.45) is 0 Å². The summed E-state index contributed by atoms with van der Waals surface area (Å²) in [5.41, 5.74) is 3.86. The van der Waals surface area contributed by atoms with Gasteiger partial charge in [0.2, 0.25) is 0 Å². The van der Waals surface area contributed by atoms with Crippen molar-refractivity contribution in [1.29, 1.82) is 5.26 Å². The van der Waals surface area contributed by atoms with Crippen molar-refractivity contribution in [2.75, 3.05) is 0 Å². The third-order valence-corrected chi connectivity index (χ3v) is 2.49. The molecule has 0 aromatic heterocycles. The molecule has 2 rings (SSSR count). The van der Waals surface area contributed by atoms with E-state index >= 15 is 0 Å². The zero-order valence-corrected chi connectivity index (χ0v) is 7.46. The number of hydrogen-bond acceptors (Lipinski definition) is 1. The van der Waals surface area contributed by atoms with Crippen molar-refractivity contribution in [3.05, 3.63) is 41.5 Å². The first-order valence-corrected chi connectivity index (χ1v) is 4.59. The van der Waals surface area contributed by atoms with Gasteiger partial charge in [-0.1, -0.05) is 24.3 Å². The van der Waals surface area contributed by atoms with Gasteiger partial charge in [0.15, 0.2) is 0 Å². The van der Waals surface area contributed by atoms with E-state index in [-0.39, 0.29) is 0 Å². The summed E-state index contributed by atoms with van der Waals surface area (Å²) in [6, 6.07) is 10.5. The quantitative estimate of drug-likeness (QED) is 0.548. The molecule has 0 N–H and O–H groups in total. The first kappa shape index (κ1) is 8.07. The third-order valence-electron chi connectivity index (χ3n) is 2.49. The van der Waals surface area contributed by atoms with Crippen molar-refractivity contribution in [2.45, 2.75) is 19.3 Å². The van der Waals surface area contributed by atoms with Gasteiger partial charge < -0.3 is 0 Å². The van der Waals surface area contributed by atoms with E-state index in [4.69, 9.17) is 5.26 Å². The summed E-state index contributed by atoms with van der Waals surface area (Å²) in [4.78, 5) is 0. The molecule has 0 spiro atoms. The molecule has 1 aliphatic rings. The Bertz CT molecular complexity index is 382. The molecule has 64 valence electrons. The van der Waals surface area contributed by atoms with E-state index < -0.39 is 0 Å². The van der Waals surface area contributed by atoms with Crippen LogP contribution in [0.25, 0.3) is 5.57 Å². The maximum atomic E-state index is 8.62. The lowest BCUT2D eigenvalue weighted by Gasteiger charge is -2.17. The molecule has 1 nitrogen and oxygen atoms in total. The van der Waals surface area contributed by atoms with Gasteiger partial charge in [0.05, 0.1) is 6.07 Å². The highest BCUT2D eigenvalue weighted by Gasteiger charge is 2.12. The Hall–Kier alpha value is -1.55. The van der Waals surface area contributed by atoms with Crippen LogP contribution < -0.4 is 0 Å². The van der Waals surface area contributed by atoms with Gasteiger partial charge >= 0.3 is 0 Å². The van der Waals surface area contributed by atoms with Crippen LogP contribution in [0.4, 0.5) is 0 Å². The number of benzene rings is 1. The fourth-order valence-corrected chi connectivity index (χ4v) is 1.88. The molecule has 1 heteroatoms. The Morgan fingerprint density at radius 1 is 1.23 bits per heavy atom. The predicted molar refractivity (Wildman–Crippen MR) is 53.0 cm³/mol. The molecule has 0 heterocycles. The van der Waals surface area contributed by atoms with Crippen LogP contribution in [-0.2, 0) is 6.42 Å². The van der Waals surface area contributed by atoms with Gasteiger partial charge in [0, 0.05) is 6.08 Å². The Labute approximate surface area is 78.3 Å². The summed E-state index contributed by atoms with van der Waals surface area (Å²) in [7, 11) is 0. The van der Waals surface area contributed by atoms with Gasteiger partial charge in [0.25, 0.3) is 0 Å². The normalized spacial score (nSPS) is 17.9. The predicted octanol–water partition coefficient (Wildman–Crippen LogP) is 2.93. The van der Waals surface area contributed by atoms with Crippen LogP contribution in [0.5, 0.6) is 0 Å². The Balaban J connectivity index is 2.50. The van der Waals surface area contributed by atoms with Crippen molar-refractivity contribution in [3.8, 4) is 6.07 Å². The molecular weight excluding hydrogens is 158 g/mol. The molecule has 0 radical (unpaired) electrons. The second-order valence-electron chi connectivity index (χ2n) is 3.31. The molecule has 0 saturated heterocycles. The largest absolute Gasteiger partial charge is 0.193 e. The lowest BCUT2D eigenvalue weighted by Crippen LogP contribution is -2.00. The summed E-state index contributed by atoms with van der Waals surface area (Å²) in [6.45, 7) is 0. The van der Waals surface area contributed by atoms with Crippen LogP contribution in [0.1, 0.15) is 24.0 Å². The van der Waals surface area contributed by atoms with Crippen LogP contribution in [0.15, 0.2) is 30.3 Å². The lowest BCUT2D eigenvalue weighted by molar-refractivity contribution is 0.822. The number of nitriles is 1. The number of allylic oxidation sites excluding steroid dienone is 2. The van der Waals surface area contributed by atoms with Crippen molar-refractivity contribution < 1.29 is 0 Å². The molecule has 0 saturated carbocycles. The topological polar surface area (TPSA) is 23.8 Å². The second-order valence-corrected chi connectivity index (χ2v) is 3.31. The lowest BCUT2D eigenvalue weighted by atomic mass is 9.87. The van der Waals surface area contributed by atoms with Crippen LogP contribution in [0, 0.1) is 11.3 Å². The van der Waals surface area contributed by atoms with E-state index in [1.807, 2.05) is 6.07 Å². The minimum Gasteiger partial charge on any atom is -0.193 e. The molecule has 0 amide bonds. The number of aryl methyl sites for hydroxylation is 1. The summed E-state index contributed by atoms with van der Waals surface area (Å²) in [5.74, 6) is 0. The maximum absolute atomic E-state index is 8.62. The average Bonchev–Trinajstić information content (AvgIpc) is 2.19. The van der Waals surface area contributed by atoms with Crippen LogP contribution in [-0.4, -0.2) is 0 Å². The molecule has 0 atom stereocenters. The van der Waals surface area contributed by atoms with Crippen LogP contribution in [0.3, 0.4) is 0 Å². The van der Waals surface area contributed by atoms with Crippen LogP contribution in [0.2, 0.25) is 0 Å². The summed E-state index contributed by atoms with van der Waals surface area (Å²) >= 11 is 0. The monoisotopic (exact) mass is 169 g/mol. The zero-order valence-electron chi connectivity index (χ0n) is 7.46. The SMILES string of the molecule is N#C/C=C1/CCCc2ccccc21. The molecular formula is C12H11N. The molecule has 0 bridgehead atoms. The Kier molecular flexibility index (Phi) is 2.14. The van der Waals surface area contributed by atoms with Gasteiger partial charge in [0.1, 0.15) is 0 Å². The number of hydrogen-bond donors (Lipinski definition) is 0. The van der Waals surface area contributed by atoms with Crippen molar-refractivity contribution in [3.63, 3.8) is 0 Å². The second kappa shape index (κ2) is 3.45. The number of nitrogens with zero attached hydrogens (tertiary/aromatic N) is 1. The first-order chi connectivity index (χ1) is 6.42. The van der Waals surface area contributed by atoms with Crippen molar-refractivity contribution >= 4 is 5.57 Å². The fraction of sp³-hybridized carbons (Fsp3) is 0.250. The number of fused-ring (bicyclic) bond motifs is 1. The smallest absolute Gasteiger partial charge is 0.0915 e. The molecule has 1 aromatic rings. The third kappa shape index (κ3) is 1.48. The number of rotatable bonds is 0. The summed E-state index contributed by atoms with van der Waals surface area (Å²) < 4.78 is 0. The van der Waals surface area contributed by atoms with Gasteiger partial charge in [-0.3, -0.25) is 0 Å². The first-order valence-electron chi connectivity index (χ1n) is 4.59. The molecule has 1 aliphatic carbocycles. The van der Waals surface area contributed by atoms with Gasteiger partial charge in [-0.2, -0.15) is 5.26 Å². The minimum absolute atomic E-state index is 1.05. The summed E-state index contributed by atoms with van der Waals surface area (Å²) in [6.07, 6.45) is 5.05. The van der Waals surface area contributed by atoms with E-state index in [1.165, 1.54) is 23.1 Å². The zero-order chi connectivity index (χ0) is 9.10. The molecule has 0 unspecified atom stereocenters. The molecule has 0 aliphatic heterocycles. The van der Waals surface area contributed by atoms with E-state index in [2.05, 4.69) is 24.3 Å². The molecule has 1 aromatic carbocycles. The van der Waals surface area contributed by atoms with Gasteiger partial charge in [-0.05, 0) is 36.0 Å². The highest BCUT2D eigenvalue weighted by molar-refractivity contribution is 5.71. The summed E-state index contributed by atoms with van der Waals surface area (Å²) in [5, 5.41) is 8.62.